The Bertz CT molecular complexity index is 936. The van der Waals surface area contributed by atoms with E-state index < -0.39 is 0 Å². The highest BCUT2D eigenvalue weighted by Crippen LogP contribution is 2.28. The number of benzene rings is 2. The fraction of sp³-hybridized carbons (Fsp3) is 0.150. The summed E-state index contributed by atoms with van der Waals surface area (Å²) in [5, 5.41) is 2.84. The largest absolute Gasteiger partial charge is 0.497 e. The molecule has 0 saturated heterocycles. The number of rotatable bonds is 4. The number of hydrogen-bond acceptors (Lipinski definition) is 4. The number of methoxy groups -OCH3 is 1. The zero-order valence-electron chi connectivity index (χ0n) is 13.8. The zero-order chi connectivity index (χ0) is 17.2. The number of carbonyl (C=O) groups is 1. The Balaban J connectivity index is 1.54. The predicted octanol–water partition coefficient (Wildman–Crippen LogP) is 3.24. The van der Waals surface area contributed by atoms with Gasteiger partial charge in [-0.05, 0) is 41.0 Å². The molecule has 5 nitrogen and oxygen atoms in total. The third-order valence-corrected chi connectivity index (χ3v) is 4.27. The van der Waals surface area contributed by atoms with Crippen LogP contribution < -0.4 is 10.1 Å². The lowest BCUT2D eigenvalue weighted by atomic mass is 10.0. The molecule has 0 aliphatic carbocycles. The third kappa shape index (κ3) is 3.21. The summed E-state index contributed by atoms with van der Waals surface area (Å²) < 4.78 is 5.24. The van der Waals surface area contributed by atoms with Crippen molar-refractivity contribution in [3.63, 3.8) is 0 Å². The van der Waals surface area contributed by atoms with E-state index >= 15 is 0 Å². The van der Waals surface area contributed by atoms with E-state index in [4.69, 9.17) is 4.74 Å². The van der Waals surface area contributed by atoms with Crippen molar-refractivity contribution in [3.8, 4) is 16.9 Å². The summed E-state index contributed by atoms with van der Waals surface area (Å²) in [5.41, 5.74) is 4.97. The van der Waals surface area contributed by atoms with E-state index in [9.17, 15) is 4.79 Å². The predicted molar refractivity (Wildman–Crippen MR) is 95.6 cm³/mol. The zero-order valence-corrected chi connectivity index (χ0v) is 13.8. The van der Waals surface area contributed by atoms with Gasteiger partial charge in [0.25, 0.3) is 0 Å². The summed E-state index contributed by atoms with van der Waals surface area (Å²) in [7, 11) is 1.66. The van der Waals surface area contributed by atoms with Crippen molar-refractivity contribution in [3.05, 3.63) is 71.8 Å². The van der Waals surface area contributed by atoms with E-state index in [-0.39, 0.29) is 5.91 Å². The molecule has 124 valence electrons. The molecule has 2 aromatic carbocycles. The molecule has 1 aromatic heterocycles. The maximum Gasteiger partial charge on any atom is 0.228 e. The highest BCUT2D eigenvalue weighted by atomic mass is 16.5. The molecule has 0 spiro atoms. The number of ether oxygens (including phenoxy) is 1. The molecule has 4 rings (SSSR count). The van der Waals surface area contributed by atoms with Crippen LogP contribution in [0.25, 0.3) is 11.1 Å². The minimum Gasteiger partial charge on any atom is -0.497 e. The fourth-order valence-corrected chi connectivity index (χ4v) is 2.97. The number of carbonyl (C=O) groups excluding carboxylic acids is 1. The van der Waals surface area contributed by atoms with Crippen molar-refractivity contribution >= 4 is 11.6 Å². The summed E-state index contributed by atoms with van der Waals surface area (Å²) in [4.78, 5) is 20.4. The molecule has 5 heteroatoms. The molecule has 0 atom stereocenters. The molecular formula is C20H17N3O2. The number of fused-ring (bicyclic) bond motifs is 1. The molecule has 1 N–H and O–H groups in total. The van der Waals surface area contributed by atoms with E-state index in [0.29, 0.717) is 12.8 Å². The van der Waals surface area contributed by atoms with Crippen LogP contribution in [-0.4, -0.2) is 23.0 Å². The van der Waals surface area contributed by atoms with Crippen LogP contribution in [0.5, 0.6) is 5.75 Å². The topological polar surface area (TPSA) is 64.1 Å². The van der Waals surface area contributed by atoms with Gasteiger partial charge in [0.1, 0.15) is 11.6 Å². The van der Waals surface area contributed by atoms with Gasteiger partial charge in [-0.25, -0.2) is 9.97 Å². The number of aromatic nitrogens is 2. The van der Waals surface area contributed by atoms with Crippen LogP contribution in [0.1, 0.15) is 17.0 Å². The minimum absolute atomic E-state index is 0.0389. The Hall–Kier alpha value is -3.21. The number of hydrogen-bond donors (Lipinski definition) is 1. The number of nitrogens with one attached hydrogen (secondary N) is 1. The van der Waals surface area contributed by atoms with Gasteiger partial charge in [0.05, 0.1) is 13.5 Å². The molecule has 0 fully saturated rings. The lowest BCUT2D eigenvalue weighted by Crippen LogP contribution is -2.03. The second kappa shape index (κ2) is 6.36. The smallest absolute Gasteiger partial charge is 0.228 e. The second-order valence-electron chi connectivity index (χ2n) is 6.01. The van der Waals surface area contributed by atoms with Crippen molar-refractivity contribution in [1.29, 1.82) is 0 Å². The molecule has 0 saturated carbocycles. The highest BCUT2D eigenvalue weighted by Gasteiger charge is 2.17. The van der Waals surface area contributed by atoms with Crippen LogP contribution in [0.2, 0.25) is 0 Å². The number of anilines is 1. The summed E-state index contributed by atoms with van der Waals surface area (Å²) in [6.45, 7) is 0. The third-order valence-electron chi connectivity index (χ3n) is 4.27. The first-order valence-corrected chi connectivity index (χ1v) is 8.08. The standard InChI is InChI=1S/C20H17N3O2/c1-25-17-4-2-3-13(7-17)8-19-21-11-16(12-22-19)14-5-6-18-15(9-14)10-20(24)23-18/h2-7,9,11-12H,8,10H2,1H3,(H,23,24). The van der Waals surface area contributed by atoms with E-state index in [1.54, 1.807) is 7.11 Å². The molecule has 2 heterocycles. The van der Waals surface area contributed by atoms with Gasteiger partial charge in [0, 0.05) is 30.1 Å². The van der Waals surface area contributed by atoms with Gasteiger partial charge >= 0.3 is 0 Å². The lowest BCUT2D eigenvalue weighted by Gasteiger charge is -2.06. The van der Waals surface area contributed by atoms with Crippen molar-refractivity contribution in [2.24, 2.45) is 0 Å². The Kier molecular flexibility index (Phi) is 3.90. The molecule has 0 radical (unpaired) electrons. The maximum absolute atomic E-state index is 11.5. The van der Waals surface area contributed by atoms with Crippen LogP contribution in [0.4, 0.5) is 5.69 Å². The van der Waals surface area contributed by atoms with Crippen LogP contribution in [0.3, 0.4) is 0 Å². The number of nitrogens with zero attached hydrogens (tertiary/aromatic N) is 2. The first kappa shape index (κ1) is 15.3. The minimum atomic E-state index is 0.0389. The molecule has 1 amide bonds. The molecule has 0 bridgehead atoms. The molecule has 0 unspecified atom stereocenters. The summed E-state index contributed by atoms with van der Waals surface area (Å²) in [6, 6.07) is 13.8. The highest BCUT2D eigenvalue weighted by molar-refractivity contribution is 5.99. The SMILES string of the molecule is COc1cccc(Cc2ncc(-c3ccc4c(c3)CC(=O)N4)cn2)c1. The van der Waals surface area contributed by atoms with Crippen molar-refractivity contribution in [2.45, 2.75) is 12.8 Å². The van der Waals surface area contributed by atoms with E-state index in [2.05, 4.69) is 15.3 Å². The lowest BCUT2D eigenvalue weighted by molar-refractivity contribution is -0.115. The molecule has 1 aliphatic rings. The summed E-state index contributed by atoms with van der Waals surface area (Å²) in [5.74, 6) is 1.63. The number of amides is 1. The first-order valence-electron chi connectivity index (χ1n) is 8.08. The second-order valence-corrected chi connectivity index (χ2v) is 6.01. The normalized spacial score (nSPS) is 12.6. The van der Waals surface area contributed by atoms with Crippen LogP contribution >= 0.6 is 0 Å². The van der Waals surface area contributed by atoms with Gasteiger partial charge in [-0.15, -0.1) is 0 Å². The Morgan fingerprint density at radius 3 is 2.72 bits per heavy atom. The Labute approximate surface area is 145 Å². The average Bonchev–Trinajstić information content (AvgIpc) is 3.01. The first-order chi connectivity index (χ1) is 12.2. The quantitative estimate of drug-likeness (QED) is 0.797. The monoisotopic (exact) mass is 331 g/mol. The molecular weight excluding hydrogens is 314 g/mol. The van der Waals surface area contributed by atoms with Gasteiger partial charge in [0.2, 0.25) is 5.91 Å². The molecule has 25 heavy (non-hydrogen) atoms. The Morgan fingerprint density at radius 1 is 1.08 bits per heavy atom. The van der Waals surface area contributed by atoms with Gasteiger partial charge in [-0.3, -0.25) is 4.79 Å². The van der Waals surface area contributed by atoms with E-state index in [1.165, 1.54) is 0 Å². The molecule has 3 aromatic rings. The van der Waals surface area contributed by atoms with Gasteiger partial charge < -0.3 is 10.1 Å². The fourth-order valence-electron chi connectivity index (χ4n) is 2.97. The van der Waals surface area contributed by atoms with Crippen molar-refractivity contribution < 1.29 is 9.53 Å². The van der Waals surface area contributed by atoms with Crippen LogP contribution in [0.15, 0.2) is 54.9 Å². The summed E-state index contributed by atoms with van der Waals surface area (Å²) in [6.07, 6.45) is 4.74. The van der Waals surface area contributed by atoms with Gasteiger partial charge in [-0.1, -0.05) is 18.2 Å². The van der Waals surface area contributed by atoms with Gasteiger partial charge in [-0.2, -0.15) is 0 Å². The Morgan fingerprint density at radius 2 is 1.92 bits per heavy atom. The maximum atomic E-state index is 11.5. The van der Waals surface area contributed by atoms with Crippen molar-refractivity contribution in [2.75, 3.05) is 12.4 Å². The van der Waals surface area contributed by atoms with Crippen molar-refractivity contribution in [1.82, 2.24) is 9.97 Å². The molecule has 1 aliphatic heterocycles. The van der Waals surface area contributed by atoms with Gasteiger partial charge in [0.15, 0.2) is 0 Å². The van der Waals surface area contributed by atoms with Crippen LogP contribution in [-0.2, 0) is 17.6 Å². The van der Waals surface area contributed by atoms with E-state index in [0.717, 1.165) is 39.5 Å². The van der Waals surface area contributed by atoms with Crippen LogP contribution in [0, 0.1) is 0 Å². The average molecular weight is 331 g/mol. The van der Waals surface area contributed by atoms with E-state index in [1.807, 2.05) is 54.9 Å². The summed E-state index contributed by atoms with van der Waals surface area (Å²) >= 11 is 0.